The quantitative estimate of drug-likeness (QED) is 0.277. The van der Waals surface area contributed by atoms with Gasteiger partial charge in [-0.05, 0) is 0 Å². The summed E-state index contributed by atoms with van der Waals surface area (Å²) in [7, 11) is 0.973. The minimum atomic E-state index is -2.01. The zero-order valence-electron chi connectivity index (χ0n) is 7.40. The molecule has 4 unspecified atom stereocenters. The molecule has 0 aliphatic rings. The molecule has 4 atom stereocenters. The summed E-state index contributed by atoms with van der Waals surface area (Å²) < 4.78 is 4.07. The lowest BCUT2D eigenvalue weighted by Gasteiger charge is -2.22. The highest BCUT2D eigenvalue weighted by molar-refractivity contribution is 5.75. The highest BCUT2D eigenvalue weighted by Gasteiger charge is 2.34. The molecule has 4 N–H and O–H groups in total. The number of carbonyl (C=O) groups is 2. The second-order valence-corrected chi connectivity index (χ2v) is 2.58. The standard InChI is InChI=1S/C7H12O7/c1-14-7(13)6(12)5(11)4(10)3(9)2-8/h2-6,9-12H,1H3. The summed E-state index contributed by atoms with van der Waals surface area (Å²) in [6, 6.07) is 0. The Morgan fingerprint density at radius 2 is 1.71 bits per heavy atom. The Morgan fingerprint density at radius 1 is 1.21 bits per heavy atom. The van der Waals surface area contributed by atoms with Gasteiger partial charge >= 0.3 is 5.97 Å². The largest absolute Gasteiger partial charge is 0.467 e. The SMILES string of the molecule is COC(=O)C(O)C(O)C(O)C(O)C=O. The van der Waals surface area contributed by atoms with Crippen LogP contribution in [0.4, 0.5) is 0 Å². The van der Waals surface area contributed by atoms with E-state index in [0.717, 1.165) is 7.11 Å². The van der Waals surface area contributed by atoms with Crippen LogP contribution in [0.5, 0.6) is 0 Å². The van der Waals surface area contributed by atoms with Crippen molar-refractivity contribution in [3.05, 3.63) is 0 Å². The number of hydrogen-bond donors (Lipinski definition) is 4. The van der Waals surface area contributed by atoms with Crippen LogP contribution in [0.3, 0.4) is 0 Å². The van der Waals surface area contributed by atoms with Crippen molar-refractivity contribution in [1.82, 2.24) is 0 Å². The lowest BCUT2D eigenvalue weighted by atomic mass is 10.0. The third-order valence-corrected chi connectivity index (χ3v) is 1.61. The number of methoxy groups -OCH3 is 1. The number of esters is 1. The van der Waals surface area contributed by atoms with Gasteiger partial charge in [0.1, 0.15) is 18.3 Å². The number of aldehydes is 1. The number of aliphatic hydroxyl groups is 4. The zero-order chi connectivity index (χ0) is 11.3. The van der Waals surface area contributed by atoms with Crippen LogP contribution in [0, 0.1) is 0 Å². The van der Waals surface area contributed by atoms with E-state index in [1.807, 2.05) is 0 Å². The maximum Gasteiger partial charge on any atom is 0.337 e. The average Bonchev–Trinajstić information content (AvgIpc) is 2.23. The minimum absolute atomic E-state index is 0.0299. The summed E-state index contributed by atoms with van der Waals surface area (Å²) in [5.41, 5.74) is 0. The second kappa shape index (κ2) is 5.66. The fraction of sp³-hybridized carbons (Fsp3) is 0.714. The minimum Gasteiger partial charge on any atom is -0.467 e. The van der Waals surface area contributed by atoms with E-state index in [1.165, 1.54) is 0 Å². The van der Waals surface area contributed by atoms with Crippen LogP contribution in [-0.4, -0.2) is 64.2 Å². The number of aliphatic hydroxyl groups excluding tert-OH is 4. The number of hydrogen-bond acceptors (Lipinski definition) is 7. The Labute approximate surface area is 79.5 Å². The molecule has 0 heterocycles. The molecule has 82 valence electrons. The van der Waals surface area contributed by atoms with Crippen molar-refractivity contribution in [2.24, 2.45) is 0 Å². The first kappa shape index (κ1) is 13.0. The van der Waals surface area contributed by atoms with Gasteiger partial charge in [0, 0.05) is 0 Å². The molecule has 0 rings (SSSR count). The van der Waals surface area contributed by atoms with Crippen molar-refractivity contribution in [2.75, 3.05) is 7.11 Å². The zero-order valence-corrected chi connectivity index (χ0v) is 7.40. The van der Waals surface area contributed by atoms with Gasteiger partial charge in [-0.1, -0.05) is 0 Å². The monoisotopic (exact) mass is 208 g/mol. The first-order chi connectivity index (χ1) is 6.45. The molecule has 14 heavy (non-hydrogen) atoms. The van der Waals surface area contributed by atoms with E-state index >= 15 is 0 Å². The van der Waals surface area contributed by atoms with Gasteiger partial charge in [0.25, 0.3) is 0 Å². The smallest absolute Gasteiger partial charge is 0.337 e. The molecule has 0 aliphatic carbocycles. The van der Waals surface area contributed by atoms with Gasteiger partial charge in [-0.3, -0.25) is 0 Å². The van der Waals surface area contributed by atoms with Crippen LogP contribution < -0.4 is 0 Å². The molecule has 0 aromatic carbocycles. The molecule has 0 radical (unpaired) electrons. The normalized spacial score (nSPS) is 19.2. The Kier molecular flexibility index (Phi) is 5.24. The molecule has 0 aromatic rings. The Morgan fingerprint density at radius 3 is 2.07 bits per heavy atom. The van der Waals surface area contributed by atoms with Gasteiger partial charge in [-0.15, -0.1) is 0 Å². The molecular formula is C7H12O7. The van der Waals surface area contributed by atoms with Crippen LogP contribution in [0.15, 0.2) is 0 Å². The van der Waals surface area contributed by atoms with E-state index in [9.17, 15) is 9.59 Å². The first-order valence-corrected chi connectivity index (χ1v) is 3.71. The first-order valence-electron chi connectivity index (χ1n) is 3.71. The molecular weight excluding hydrogens is 196 g/mol. The number of carbonyl (C=O) groups excluding carboxylic acids is 2. The fourth-order valence-corrected chi connectivity index (χ4v) is 0.729. The lowest BCUT2D eigenvalue weighted by molar-refractivity contribution is -0.166. The Hall–Kier alpha value is -1.02. The van der Waals surface area contributed by atoms with Crippen molar-refractivity contribution in [3.8, 4) is 0 Å². The van der Waals surface area contributed by atoms with Gasteiger partial charge in [0.15, 0.2) is 12.4 Å². The van der Waals surface area contributed by atoms with E-state index in [0.29, 0.717) is 0 Å². The average molecular weight is 208 g/mol. The van der Waals surface area contributed by atoms with E-state index in [-0.39, 0.29) is 6.29 Å². The molecule has 0 aromatic heterocycles. The Balaban J connectivity index is 4.37. The van der Waals surface area contributed by atoms with E-state index in [4.69, 9.17) is 20.4 Å². The highest BCUT2D eigenvalue weighted by atomic mass is 16.5. The fourth-order valence-electron chi connectivity index (χ4n) is 0.729. The predicted octanol–water partition coefficient (Wildman–Crippen LogP) is -3.20. The predicted molar refractivity (Wildman–Crippen MR) is 42.1 cm³/mol. The summed E-state index contributed by atoms with van der Waals surface area (Å²) >= 11 is 0. The summed E-state index contributed by atoms with van der Waals surface area (Å²) in [5, 5.41) is 35.8. The number of ether oxygens (including phenoxy) is 1. The van der Waals surface area contributed by atoms with Crippen molar-refractivity contribution in [1.29, 1.82) is 0 Å². The van der Waals surface area contributed by atoms with Gasteiger partial charge in [-0.25, -0.2) is 4.79 Å². The van der Waals surface area contributed by atoms with Gasteiger partial charge < -0.3 is 30.0 Å². The van der Waals surface area contributed by atoms with E-state index in [1.54, 1.807) is 0 Å². The summed E-state index contributed by atoms with van der Waals surface area (Å²) in [5.74, 6) is -1.17. The highest BCUT2D eigenvalue weighted by Crippen LogP contribution is 2.05. The molecule has 0 bridgehead atoms. The van der Waals surface area contributed by atoms with Gasteiger partial charge in [0.05, 0.1) is 7.11 Å². The summed E-state index contributed by atoms with van der Waals surface area (Å²) in [6.45, 7) is 0. The molecule has 0 saturated heterocycles. The lowest BCUT2D eigenvalue weighted by Crippen LogP contribution is -2.48. The second-order valence-electron chi connectivity index (χ2n) is 2.58. The van der Waals surface area contributed by atoms with Crippen molar-refractivity contribution in [3.63, 3.8) is 0 Å². The van der Waals surface area contributed by atoms with Crippen LogP contribution in [0.1, 0.15) is 0 Å². The van der Waals surface area contributed by atoms with Crippen molar-refractivity contribution >= 4 is 12.3 Å². The van der Waals surface area contributed by atoms with Crippen LogP contribution in [0.25, 0.3) is 0 Å². The van der Waals surface area contributed by atoms with E-state index in [2.05, 4.69) is 4.74 Å². The molecule has 0 spiro atoms. The third-order valence-electron chi connectivity index (χ3n) is 1.61. The molecule has 7 nitrogen and oxygen atoms in total. The third kappa shape index (κ3) is 3.04. The van der Waals surface area contributed by atoms with Crippen LogP contribution in [-0.2, 0) is 14.3 Å². The van der Waals surface area contributed by atoms with Crippen molar-refractivity contribution < 1.29 is 34.8 Å². The van der Waals surface area contributed by atoms with Crippen molar-refractivity contribution in [2.45, 2.75) is 24.4 Å². The summed E-state index contributed by atoms with van der Waals surface area (Å²) in [4.78, 5) is 20.6. The van der Waals surface area contributed by atoms with Gasteiger partial charge in [-0.2, -0.15) is 0 Å². The van der Waals surface area contributed by atoms with E-state index < -0.39 is 30.4 Å². The topological polar surface area (TPSA) is 124 Å². The Bertz CT molecular complexity index is 204. The van der Waals surface area contributed by atoms with Crippen LogP contribution in [0.2, 0.25) is 0 Å². The maximum atomic E-state index is 10.7. The molecule has 7 heteroatoms. The molecule has 0 fully saturated rings. The molecule has 0 aliphatic heterocycles. The van der Waals surface area contributed by atoms with Crippen LogP contribution >= 0.6 is 0 Å². The maximum absolute atomic E-state index is 10.7. The molecule has 0 amide bonds. The summed E-state index contributed by atoms with van der Waals surface area (Å²) in [6.07, 6.45) is -7.84. The van der Waals surface area contributed by atoms with Gasteiger partial charge in [0.2, 0.25) is 0 Å². The number of rotatable bonds is 5. The molecule has 0 saturated carbocycles.